The molecule has 1 aromatic heterocycles. The Balaban J connectivity index is 1.84. The number of aromatic nitrogens is 3. The van der Waals surface area contributed by atoms with Gasteiger partial charge in [0.25, 0.3) is 0 Å². The fraction of sp³-hybridized carbons (Fsp3) is 0.400. The summed E-state index contributed by atoms with van der Waals surface area (Å²) in [6.45, 7) is 6.94. The lowest BCUT2D eigenvalue weighted by Crippen LogP contribution is -2.32. The summed E-state index contributed by atoms with van der Waals surface area (Å²) in [6, 6.07) is 7.58. The van der Waals surface area contributed by atoms with Crippen molar-refractivity contribution < 1.29 is 4.79 Å². The number of benzene rings is 1. The van der Waals surface area contributed by atoms with Crippen molar-refractivity contribution >= 4 is 23.5 Å². The average Bonchev–Trinajstić information content (AvgIpc) is 2.79. The molecule has 0 radical (unpaired) electrons. The van der Waals surface area contributed by atoms with Crippen molar-refractivity contribution in [3.05, 3.63) is 35.9 Å². The minimum atomic E-state index is -0.210. The van der Waals surface area contributed by atoms with E-state index in [0.717, 1.165) is 28.0 Å². The molecule has 22 heavy (non-hydrogen) atoms. The molecule has 2 N–H and O–H groups in total. The molecule has 0 aliphatic carbocycles. The van der Waals surface area contributed by atoms with Gasteiger partial charge in [-0.05, 0) is 31.7 Å². The van der Waals surface area contributed by atoms with E-state index in [9.17, 15) is 4.79 Å². The maximum absolute atomic E-state index is 12.0. The van der Waals surface area contributed by atoms with Gasteiger partial charge in [0.05, 0.1) is 12.2 Å². The van der Waals surface area contributed by atoms with Crippen LogP contribution in [-0.2, 0) is 6.54 Å². The first-order valence-corrected chi connectivity index (χ1v) is 8.23. The zero-order valence-electron chi connectivity index (χ0n) is 13.1. The van der Waals surface area contributed by atoms with Crippen molar-refractivity contribution in [2.75, 3.05) is 17.6 Å². The lowest BCUT2D eigenvalue weighted by atomic mass is 10.3. The monoisotopic (exact) mass is 319 g/mol. The number of urea groups is 1. The molecule has 1 aromatic carbocycles. The summed E-state index contributed by atoms with van der Waals surface area (Å²) in [6.07, 6.45) is 0. The number of hydrogen-bond donors (Lipinski definition) is 2. The van der Waals surface area contributed by atoms with Gasteiger partial charge in [-0.1, -0.05) is 19.1 Å². The summed E-state index contributed by atoms with van der Waals surface area (Å²) >= 11 is 1.70. The molecule has 0 atom stereocenters. The Labute approximate surface area is 134 Å². The first-order valence-electron chi connectivity index (χ1n) is 7.25. The SMILES string of the molecule is CCSc1ccccc1NC(=O)NCCn1nc(C)nc1C. The van der Waals surface area contributed by atoms with Crippen molar-refractivity contribution in [3.63, 3.8) is 0 Å². The number of thioether (sulfide) groups is 1. The lowest BCUT2D eigenvalue weighted by molar-refractivity contribution is 0.251. The maximum Gasteiger partial charge on any atom is 0.319 e. The van der Waals surface area contributed by atoms with Crippen LogP contribution in [0.2, 0.25) is 0 Å². The zero-order chi connectivity index (χ0) is 15.9. The predicted molar refractivity (Wildman–Crippen MR) is 89.4 cm³/mol. The van der Waals surface area contributed by atoms with Gasteiger partial charge in [-0.2, -0.15) is 5.10 Å². The highest BCUT2D eigenvalue weighted by Crippen LogP contribution is 2.26. The van der Waals surface area contributed by atoms with Gasteiger partial charge in [-0.25, -0.2) is 14.5 Å². The molecule has 2 amide bonds. The lowest BCUT2D eigenvalue weighted by Gasteiger charge is -2.11. The van der Waals surface area contributed by atoms with Gasteiger partial charge < -0.3 is 10.6 Å². The first kappa shape index (κ1) is 16.4. The number of rotatable bonds is 6. The molecule has 2 aromatic rings. The van der Waals surface area contributed by atoms with E-state index in [-0.39, 0.29) is 6.03 Å². The molecule has 0 spiro atoms. The number of nitrogens with one attached hydrogen (secondary N) is 2. The van der Waals surface area contributed by atoms with E-state index in [0.29, 0.717) is 13.1 Å². The highest BCUT2D eigenvalue weighted by molar-refractivity contribution is 7.99. The van der Waals surface area contributed by atoms with E-state index in [4.69, 9.17) is 0 Å². The van der Waals surface area contributed by atoms with Crippen molar-refractivity contribution in [1.82, 2.24) is 20.1 Å². The van der Waals surface area contributed by atoms with Crippen LogP contribution >= 0.6 is 11.8 Å². The molecule has 0 aliphatic heterocycles. The van der Waals surface area contributed by atoms with Gasteiger partial charge in [0.1, 0.15) is 11.6 Å². The molecule has 0 saturated carbocycles. The molecule has 0 aliphatic rings. The van der Waals surface area contributed by atoms with Crippen LogP contribution in [0.25, 0.3) is 0 Å². The largest absolute Gasteiger partial charge is 0.336 e. The second-order valence-corrected chi connectivity index (χ2v) is 6.05. The van der Waals surface area contributed by atoms with Crippen LogP contribution in [-0.4, -0.2) is 33.1 Å². The molecule has 0 unspecified atom stereocenters. The number of amides is 2. The topological polar surface area (TPSA) is 71.8 Å². The fourth-order valence-electron chi connectivity index (χ4n) is 2.07. The van der Waals surface area contributed by atoms with Gasteiger partial charge in [0.2, 0.25) is 0 Å². The number of hydrogen-bond acceptors (Lipinski definition) is 4. The summed E-state index contributed by atoms with van der Waals surface area (Å²) in [4.78, 5) is 17.3. The standard InChI is InChI=1S/C15H21N5OS/c1-4-22-14-8-6-5-7-13(14)18-15(21)16-9-10-20-12(3)17-11(2)19-20/h5-8H,4,9-10H2,1-3H3,(H2,16,18,21). The number of para-hydroxylation sites is 1. The van der Waals surface area contributed by atoms with Crippen LogP contribution in [0.5, 0.6) is 0 Å². The molecule has 0 saturated heterocycles. The van der Waals surface area contributed by atoms with Crippen LogP contribution in [0.15, 0.2) is 29.2 Å². The van der Waals surface area contributed by atoms with Crippen LogP contribution in [0, 0.1) is 13.8 Å². The van der Waals surface area contributed by atoms with Gasteiger partial charge in [-0.15, -0.1) is 11.8 Å². The molecule has 2 rings (SSSR count). The third kappa shape index (κ3) is 4.49. The molecule has 118 valence electrons. The van der Waals surface area contributed by atoms with Gasteiger partial charge in [-0.3, -0.25) is 0 Å². The normalized spacial score (nSPS) is 10.5. The number of carbonyl (C=O) groups excluding carboxylic acids is 1. The summed E-state index contributed by atoms with van der Waals surface area (Å²) in [5, 5.41) is 9.98. The van der Waals surface area contributed by atoms with Crippen LogP contribution in [0.1, 0.15) is 18.6 Å². The Morgan fingerprint density at radius 3 is 2.77 bits per heavy atom. The summed E-state index contributed by atoms with van der Waals surface area (Å²) in [5.41, 5.74) is 0.833. The quantitative estimate of drug-likeness (QED) is 0.803. The van der Waals surface area contributed by atoms with E-state index < -0.39 is 0 Å². The van der Waals surface area contributed by atoms with Crippen LogP contribution in [0.3, 0.4) is 0 Å². The number of aryl methyl sites for hydroxylation is 2. The van der Waals surface area contributed by atoms with Gasteiger partial charge in [0, 0.05) is 11.4 Å². The van der Waals surface area contributed by atoms with Crippen molar-refractivity contribution in [3.8, 4) is 0 Å². The van der Waals surface area contributed by atoms with Gasteiger partial charge >= 0.3 is 6.03 Å². The first-order chi connectivity index (χ1) is 10.6. The highest BCUT2D eigenvalue weighted by atomic mass is 32.2. The predicted octanol–water partition coefficient (Wildman–Crippen LogP) is 2.83. The third-order valence-electron chi connectivity index (χ3n) is 3.01. The van der Waals surface area contributed by atoms with Gasteiger partial charge in [0.15, 0.2) is 0 Å². The molecule has 1 heterocycles. The van der Waals surface area contributed by atoms with Crippen LogP contribution < -0.4 is 10.6 Å². The number of anilines is 1. The second kappa shape index (κ2) is 7.84. The molecular formula is C15H21N5OS. The smallest absolute Gasteiger partial charge is 0.319 e. The summed E-state index contributed by atoms with van der Waals surface area (Å²) in [7, 11) is 0. The summed E-state index contributed by atoms with van der Waals surface area (Å²) in [5.74, 6) is 2.56. The molecular weight excluding hydrogens is 298 g/mol. The van der Waals surface area contributed by atoms with E-state index in [2.05, 4.69) is 27.6 Å². The van der Waals surface area contributed by atoms with E-state index in [1.165, 1.54) is 0 Å². The Morgan fingerprint density at radius 1 is 1.32 bits per heavy atom. The fourth-order valence-corrected chi connectivity index (χ4v) is 2.83. The summed E-state index contributed by atoms with van der Waals surface area (Å²) < 4.78 is 1.79. The highest BCUT2D eigenvalue weighted by Gasteiger charge is 2.07. The molecule has 0 bridgehead atoms. The van der Waals surface area contributed by atoms with Crippen molar-refractivity contribution in [2.24, 2.45) is 0 Å². The Bertz CT molecular complexity index is 641. The van der Waals surface area contributed by atoms with Crippen LogP contribution in [0.4, 0.5) is 10.5 Å². The van der Waals surface area contributed by atoms with E-state index in [1.54, 1.807) is 16.4 Å². The van der Waals surface area contributed by atoms with Crippen molar-refractivity contribution in [2.45, 2.75) is 32.2 Å². The second-order valence-electron chi connectivity index (χ2n) is 4.74. The number of nitrogens with zero attached hydrogens (tertiary/aromatic N) is 3. The van der Waals surface area contributed by atoms with E-state index >= 15 is 0 Å². The van der Waals surface area contributed by atoms with E-state index in [1.807, 2.05) is 38.1 Å². The zero-order valence-corrected chi connectivity index (χ0v) is 13.9. The Morgan fingerprint density at radius 2 is 2.09 bits per heavy atom. The molecule has 0 fully saturated rings. The minimum Gasteiger partial charge on any atom is -0.336 e. The Hall–Kier alpha value is -2.02. The maximum atomic E-state index is 12.0. The number of carbonyl (C=O) groups is 1. The van der Waals surface area contributed by atoms with Crippen molar-refractivity contribution in [1.29, 1.82) is 0 Å². The average molecular weight is 319 g/mol. The Kier molecular flexibility index (Phi) is 5.83. The molecule has 7 heteroatoms. The third-order valence-corrected chi connectivity index (χ3v) is 3.96. The minimum absolute atomic E-state index is 0.210. The molecule has 6 nitrogen and oxygen atoms in total.